The van der Waals surface area contributed by atoms with E-state index in [0.717, 1.165) is 42.6 Å². The monoisotopic (exact) mass is 293 g/mol. The highest BCUT2D eigenvalue weighted by Gasteiger charge is 2.18. The molecule has 100 valence electrons. The lowest BCUT2D eigenvalue weighted by Gasteiger charge is -2.26. The Kier molecular flexibility index (Phi) is 3.73. The van der Waals surface area contributed by atoms with Gasteiger partial charge in [-0.1, -0.05) is 11.6 Å². The number of pyridine rings is 1. The number of hydrogen-bond acceptors (Lipinski definition) is 4. The van der Waals surface area contributed by atoms with Gasteiger partial charge >= 0.3 is 0 Å². The van der Waals surface area contributed by atoms with E-state index >= 15 is 0 Å². The summed E-state index contributed by atoms with van der Waals surface area (Å²) in [5.74, 6) is 0.868. The van der Waals surface area contributed by atoms with Crippen molar-refractivity contribution in [1.82, 2.24) is 9.88 Å². The van der Waals surface area contributed by atoms with E-state index in [1.165, 1.54) is 10.4 Å². The van der Waals surface area contributed by atoms with E-state index < -0.39 is 0 Å². The van der Waals surface area contributed by atoms with Crippen LogP contribution in [-0.2, 0) is 19.5 Å². The van der Waals surface area contributed by atoms with E-state index in [9.17, 15) is 0 Å². The van der Waals surface area contributed by atoms with Gasteiger partial charge in [-0.15, -0.1) is 11.3 Å². The summed E-state index contributed by atoms with van der Waals surface area (Å²) in [6.45, 7) is 2.89. The summed E-state index contributed by atoms with van der Waals surface area (Å²) in [5, 5.41) is 5.98. The van der Waals surface area contributed by atoms with Gasteiger partial charge in [0, 0.05) is 31.6 Å². The van der Waals surface area contributed by atoms with E-state index in [0.29, 0.717) is 0 Å². The molecule has 0 unspecified atom stereocenters. The van der Waals surface area contributed by atoms with Crippen molar-refractivity contribution in [3.05, 3.63) is 44.7 Å². The fraction of sp³-hybridized carbons (Fsp3) is 0.357. The van der Waals surface area contributed by atoms with E-state index in [1.807, 2.05) is 30.5 Å². The first-order chi connectivity index (χ1) is 9.26. The van der Waals surface area contributed by atoms with Crippen molar-refractivity contribution >= 4 is 28.8 Å². The summed E-state index contributed by atoms with van der Waals surface area (Å²) < 4.78 is 0. The summed E-state index contributed by atoms with van der Waals surface area (Å²) >= 11 is 8.10. The molecule has 3 heterocycles. The van der Waals surface area contributed by atoms with E-state index in [1.54, 1.807) is 0 Å². The Morgan fingerprint density at radius 3 is 3.16 bits per heavy atom. The predicted octanol–water partition coefficient (Wildman–Crippen LogP) is 3.40. The van der Waals surface area contributed by atoms with Crippen molar-refractivity contribution in [3.63, 3.8) is 0 Å². The average Bonchev–Trinajstić information content (AvgIpc) is 2.89. The molecule has 1 aliphatic rings. The van der Waals surface area contributed by atoms with Gasteiger partial charge in [-0.3, -0.25) is 4.90 Å². The van der Waals surface area contributed by atoms with Crippen molar-refractivity contribution in [2.24, 2.45) is 0 Å². The molecule has 0 saturated heterocycles. The largest absolute Gasteiger partial charge is 0.373 e. The van der Waals surface area contributed by atoms with Gasteiger partial charge in [0.05, 0.1) is 10.7 Å². The van der Waals surface area contributed by atoms with Crippen molar-refractivity contribution in [2.45, 2.75) is 19.5 Å². The van der Waals surface area contributed by atoms with Crippen molar-refractivity contribution in [2.75, 3.05) is 18.9 Å². The second-order valence-corrected chi connectivity index (χ2v) is 6.11. The number of halogens is 1. The molecule has 2 aromatic rings. The molecule has 3 rings (SSSR count). The van der Waals surface area contributed by atoms with Gasteiger partial charge in [0.15, 0.2) is 0 Å². The van der Waals surface area contributed by atoms with Crippen LogP contribution in [-0.4, -0.2) is 23.5 Å². The third kappa shape index (κ3) is 2.76. The average molecular weight is 294 g/mol. The summed E-state index contributed by atoms with van der Waals surface area (Å²) in [6.07, 6.45) is 1.14. The van der Waals surface area contributed by atoms with E-state index in [4.69, 9.17) is 11.6 Å². The first-order valence-electron chi connectivity index (χ1n) is 6.37. The zero-order chi connectivity index (χ0) is 13.2. The molecular weight excluding hydrogens is 278 g/mol. The third-order valence-corrected chi connectivity index (χ3v) is 4.80. The number of thiophene rings is 1. The Bertz CT molecular complexity index is 582. The molecule has 5 heteroatoms. The SMILES string of the molecule is CNc1ccc(Cl)c(CN2CCc3sccc3C2)n1. The minimum Gasteiger partial charge on any atom is -0.373 e. The molecular formula is C14H16ClN3S. The quantitative estimate of drug-likeness (QED) is 0.940. The summed E-state index contributed by atoms with van der Waals surface area (Å²) in [6, 6.07) is 6.04. The zero-order valence-electron chi connectivity index (χ0n) is 10.8. The van der Waals surface area contributed by atoms with Crippen LogP contribution < -0.4 is 5.32 Å². The van der Waals surface area contributed by atoms with Crippen molar-refractivity contribution in [1.29, 1.82) is 0 Å². The van der Waals surface area contributed by atoms with Gasteiger partial charge in [0.2, 0.25) is 0 Å². The second kappa shape index (κ2) is 5.49. The van der Waals surface area contributed by atoms with Crippen molar-refractivity contribution < 1.29 is 0 Å². The predicted molar refractivity (Wildman–Crippen MR) is 80.9 cm³/mol. The minimum absolute atomic E-state index is 0.745. The van der Waals surface area contributed by atoms with E-state index in [2.05, 4.69) is 26.6 Å². The summed E-state index contributed by atoms with van der Waals surface area (Å²) in [4.78, 5) is 8.48. The van der Waals surface area contributed by atoms with Crippen LogP contribution in [0.4, 0.5) is 5.82 Å². The molecule has 0 aromatic carbocycles. The molecule has 0 saturated carbocycles. The van der Waals surface area contributed by atoms with Crippen LogP contribution in [0, 0.1) is 0 Å². The normalized spacial score (nSPS) is 15.3. The van der Waals surface area contributed by atoms with E-state index in [-0.39, 0.29) is 0 Å². The fourth-order valence-electron chi connectivity index (χ4n) is 2.39. The highest BCUT2D eigenvalue weighted by atomic mass is 35.5. The first-order valence-corrected chi connectivity index (χ1v) is 7.63. The van der Waals surface area contributed by atoms with Crippen LogP contribution in [0.2, 0.25) is 5.02 Å². The fourth-order valence-corrected chi connectivity index (χ4v) is 3.44. The Balaban J connectivity index is 1.76. The number of nitrogens with zero attached hydrogens (tertiary/aromatic N) is 2. The van der Waals surface area contributed by atoms with Crippen LogP contribution in [0.1, 0.15) is 16.1 Å². The maximum Gasteiger partial charge on any atom is 0.126 e. The van der Waals surface area contributed by atoms with Crippen LogP contribution in [0.25, 0.3) is 0 Å². The summed E-state index contributed by atoms with van der Waals surface area (Å²) in [7, 11) is 1.87. The van der Waals surface area contributed by atoms with Gasteiger partial charge in [-0.25, -0.2) is 4.98 Å². The molecule has 2 aromatic heterocycles. The third-order valence-electron chi connectivity index (χ3n) is 3.43. The molecule has 0 amide bonds. The van der Waals surface area contributed by atoms with Crippen molar-refractivity contribution in [3.8, 4) is 0 Å². The molecule has 19 heavy (non-hydrogen) atoms. The number of nitrogens with one attached hydrogen (secondary N) is 1. The number of fused-ring (bicyclic) bond motifs is 1. The van der Waals surface area contributed by atoms with Gasteiger partial charge in [0.25, 0.3) is 0 Å². The van der Waals surface area contributed by atoms with Gasteiger partial charge in [0.1, 0.15) is 5.82 Å². The number of aromatic nitrogens is 1. The van der Waals surface area contributed by atoms with Gasteiger partial charge in [-0.05, 0) is 35.6 Å². The minimum atomic E-state index is 0.745. The lowest BCUT2D eigenvalue weighted by atomic mass is 10.1. The highest BCUT2D eigenvalue weighted by Crippen LogP contribution is 2.26. The highest BCUT2D eigenvalue weighted by molar-refractivity contribution is 7.10. The lowest BCUT2D eigenvalue weighted by Crippen LogP contribution is -2.29. The van der Waals surface area contributed by atoms with Crippen LogP contribution in [0.15, 0.2) is 23.6 Å². The Labute approximate surface area is 122 Å². The number of rotatable bonds is 3. The Hall–Kier alpha value is -1.10. The molecule has 0 spiro atoms. The molecule has 0 fully saturated rings. The molecule has 0 radical (unpaired) electrons. The molecule has 1 aliphatic heterocycles. The second-order valence-electron chi connectivity index (χ2n) is 4.70. The molecule has 0 atom stereocenters. The van der Waals surface area contributed by atoms with Crippen LogP contribution >= 0.6 is 22.9 Å². The molecule has 0 bridgehead atoms. The van der Waals surface area contributed by atoms with Crippen LogP contribution in [0.5, 0.6) is 0 Å². The molecule has 1 N–H and O–H groups in total. The lowest BCUT2D eigenvalue weighted by molar-refractivity contribution is 0.245. The Morgan fingerprint density at radius 2 is 2.32 bits per heavy atom. The maximum absolute atomic E-state index is 6.24. The van der Waals surface area contributed by atoms with Crippen LogP contribution in [0.3, 0.4) is 0 Å². The Morgan fingerprint density at radius 1 is 1.42 bits per heavy atom. The topological polar surface area (TPSA) is 28.2 Å². The first kappa shape index (κ1) is 12.9. The van der Waals surface area contributed by atoms with Gasteiger partial charge in [-0.2, -0.15) is 0 Å². The molecule has 3 nitrogen and oxygen atoms in total. The summed E-state index contributed by atoms with van der Waals surface area (Å²) in [5.41, 5.74) is 2.41. The molecule has 0 aliphatic carbocycles. The van der Waals surface area contributed by atoms with Gasteiger partial charge < -0.3 is 5.32 Å². The number of anilines is 1. The zero-order valence-corrected chi connectivity index (χ0v) is 12.4. The number of hydrogen-bond donors (Lipinski definition) is 1. The smallest absolute Gasteiger partial charge is 0.126 e. The maximum atomic E-state index is 6.24. The standard InChI is InChI=1S/C14H16ClN3S/c1-16-14-3-2-11(15)12(17-14)9-18-6-4-13-10(8-18)5-7-19-13/h2-3,5,7H,4,6,8-9H2,1H3,(H,16,17).